The smallest absolute Gasteiger partial charge is 0.401 e. The number of likely N-dealkylation sites (N-methyl/N-ethyl adjacent to an activating group) is 1. The maximum absolute atomic E-state index is 12.5. The van der Waals surface area contributed by atoms with Crippen LogP contribution in [0.15, 0.2) is 0 Å². The van der Waals surface area contributed by atoms with Crippen LogP contribution in [-0.2, 0) is 9.53 Å². The lowest BCUT2D eigenvalue weighted by molar-refractivity contribution is -0.151. The molecule has 0 rings (SSSR count). The number of carbonyl (C=O) groups excluding carboxylic acids is 1. The zero-order valence-corrected chi connectivity index (χ0v) is 13.3. The van der Waals surface area contributed by atoms with Gasteiger partial charge in [-0.3, -0.25) is 9.69 Å². The molecule has 0 radical (unpaired) electrons. The first-order valence-corrected chi connectivity index (χ1v) is 7.33. The fourth-order valence-electron chi connectivity index (χ4n) is 2.12. The molecule has 0 aromatic heterocycles. The van der Waals surface area contributed by atoms with Gasteiger partial charge in [0, 0.05) is 0 Å². The highest BCUT2D eigenvalue weighted by Gasteiger charge is 2.34. The molecule has 0 saturated carbocycles. The summed E-state index contributed by atoms with van der Waals surface area (Å²) in [6.07, 6.45) is -2.60. The number of rotatable bonds is 10. The zero-order chi connectivity index (χ0) is 16.5. The first-order valence-electron chi connectivity index (χ1n) is 7.33. The molecular weight excluding hydrogens is 285 g/mol. The lowest BCUT2D eigenvalue weighted by Gasteiger charge is -2.28. The van der Waals surface area contributed by atoms with Gasteiger partial charge in [-0.2, -0.15) is 13.2 Å². The molecule has 1 N–H and O–H groups in total. The van der Waals surface area contributed by atoms with Gasteiger partial charge in [-0.1, -0.05) is 6.92 Å². The number of ether oxygens (including phenoxy) is 1. The fourth-order valence-corrected chi connectivity index (χ4v) is 2.12. The summed E-state index contributed by atoms with van der Waals surface area (Å²) in [6, 6.07) is 0. The van der Waals surface area contributed by atoms with E-state index in [4.69, 9.17) is 4.74 Å². The molecule has 0 bridgehead atoms. The molecule has 4 nitrogen and oxygen atoms in total. The summed E-state index contributed by atoms with van der Waals surface area (Å²) < 4.78 is 42.4. The number of alkyl halides is 3. The highest BCUT2D eigenvalue weighted by atomic mass is 19.4. The molecule has 1 unspecified atom stereocenters. The van der Waals surface area contributed by atoms with Gasteiger partial charge in [0.05, 0.1) is 13.2 Å². The molecule has 0 heterocycles. The lowest BCUT2D eigenvalue weighted by atomic mass is 9.96. The van der Waals surface area contributed by atoms with Gasteiger partial charge >= 0.3 is 12.1 Å². The molecule has 0 saturated heterocycles. The molecule has 0 aliphatic carbocycles. The number of carbonyl (C=O) groups is 1. The van der Waals surface area contributed by atoms with Crippen LogP contribution in [0.4, 0.5) is 13.2 Å². The Morgan fingerprint density at radius 1 is 1.24 bits per heavy atom. The minimum absolute atomic E-state index is 0.284. The second-order valence-corrected chi connectivity index (χ2v) is 5.30. The molecule has 0 amide bonds. The third-order valence-electron chi connectivity index (χ3n) is 3.37. The Balaban J connectivity index is 4.42. The third-order valence-corrected chi connectivity index (χ3v) is 3.37. The average Bonchev–Trinajstić information content (AvgIpc) is 2.37. The predicted octanol–water partition coefficient (Wildman–Crippen LogP) is 2.58. The van der Waals surface area contributed by atoms with E-state index < -0.39 is 18.3 Å². The Bertz CT molecular complexity index is 311. The van der Waals surface area contributed by atoms with E-state index in [0.717, 1.165) is 0 Å². The van der Waals surface area contributed by atoms with Crippen molar-refractivity contribution in [3.05, 3.63) is 0 Å². The van der Waals surface area contributed by atoms with E-state index in [1.807, 2.05) is 6.92 Å². The monoisotopic (exact) mass is 312 g/mol. The number of hydrogen-bond donors (Lipinski definition) is 1. The van der Waals surface area contributed by atoms with Crippen molar-refractivity contribution in [1.82, 2.24) is 10.2 Å². The van der Waals surface area contributed by atoms with Crippen LogP contribution in [0.2, 0.25) is 0 Å². The maximum Gasteiger partial charge on any atom is 0.401 e. The summed E-state index contributed by atoms with van der Waals surface area (Å²) >= 11 is 0. The van der Waals surface area contributed by atoms with Gasteiger partial charge in [0.2, 0.25) is 0 Å². The summed E-state index contributed by atoms with van der Waals surface area (Å²) in [6.45, 7) is 5.36. The second kappa shape index (κ2) is 9.25. The standard InChI is InChI=1S/C14H27F3N2O2/c1-5-9-19(11-14(15,16)17)10-7-8-13(3,18-4)12(20)21-6-2/h18H,5-11H2,1-4H3. The van der Waals surface area contributed by atoms with Crippen LogP contribution in [0.1, 0.15) is 40.0 Å². The van der Waals surface area contributed by atoms with Crippen molar-refractivity contribution in [2.45, 2.75) is 51.7 Å². The molecule has 126 valence electrons. The number of esters is 1. The van der Waals surface area contributed by atoms with E-state index in [9.17, 15) is 18.0 Å². The van der Waals surface area contributed by atoms with Crippen LogP contribution < -0.4 is 5.32 Å². The third kappa shape index (κ3) is 8.26. The van der Waals surface area contributed by atoms with Crippen molar-refractivity contribution in [3.63, 3.8) is 0 Å². The van der Waals surface area contributed by atoms with E-state index in [0.29, 0.717) is 32.4 Å². The van der Waals surface area contributed by atoms with Crippen molar-refractivity contribution in [2.75, 3.05) is 33.3 Å². The first-order chi connectivity index (χ1) is 9.68. The van der Waals surface area contributed by atoms with Gasteiger partial charge in [-0.25, -0.2) is 0 Å². The highest BCUT2D eigenvalue weighted by Crippen LogP contribution is 2.19. The minimum Gasteiger partial charge on any atom is -0.465 e. The first kappa shape index (κ1) is 20.2. The summed E-state index contributed by atoms with van der Waals surface area (Å²) in [5, 5.41) is 2.90. The summed E-state index contributed by atoms with van der Waals surface area (Å²) in [4.78, 5) is 13.2. The normalized spacial score (nSPS) is 15.0. The Kier molecular flexibility index (Phi) is 8.89. The molecule has 0 aromatic carbocycles. The van der Waals surface area contributed by atoms with Crippen LogP contribution in [-0.4, -0.2) is 55.9 Å². The fraction of sp³-hybridized carbons (Fsp3) is 0.929. The molecule has 0 aliphatic heterocycles. The van der Waals surface area contributed by atoms with Crippen LogP contribution in [0.3, 0.4) is 0 Å². The van der Waals surface area contributed by atoms with E-state index in [-0.39, 0.29) is 12.6 Å². The van der Waals surface area contributed by atoms with Crippen molar-refractivity contribution in [2.24, 2.45) is 0 Å². The average molecular weight is 312 g/mol. The van der Waals surface area contributed by atoms with Crippen LogP contribution in [0, 0.1) is 0 Å². The van der Waals surface area contributed by atoms with Crippen LogP contribution in [0.5, 0.6) is 0 Å². The minimum atomic E-state index is -4.19. The Hall–Kier alpha value is -0.820. The van der Waals surface area contributed by atoms with Gasteiger partial charge in [0.15, 0.2) is 0 Å². The molecule has 0 spiro atoms. The van der Waals surface area contributed by atoms with Crippen molar-refractivity contribution in [1.29, 1.82) is 0 Å². The zero-order valence-electron chi connectivity index (χ0n) is 13.3. The molecule has 0 fully saturated rings. The van der Waals surface area contributed by atoms with E-state index in [1.165, 1.54) is 4.90 Å². The Labute approximate surface area is 125 Å². The molecule has 1 atom stereocenters. The molecular formula is C14H27F3N2O2. The SMILES string of the molecule is CCCN(CCCC(C)(NC)C(=O)OCC)CC(F)(F)F. The van der Waals surface area contributed by atoms with Crippen LogP contribution in [0.25, 0.3) is 0 Å². The predicted molar refractivity (Wildman–Crippen MR) is 76.1 cm³/mol. The number of nitrogens with zero attached hydrogens (tertiary/aromatic N) is 1. The topological polar surface area (TPSA) is 41.6 Å². The van der Waals surface area contributed by atoms with Gasteiger partial charge in [-0.15, -0.1) is 0 Å². The quantitative estimate of drug-likeness (QED) is 0.630. The van der Waals surface area contributed by atoms with E-state index in [1.54, 1.807) is 20.9 Å². The van der Waals surface area contributed by atoms with Gasteiger partial charge in [0.25, 0.3) is 0 Å². The van der Waals surface area contributed by atoms with Gasteiger partial charge in [0.1, 0.15) is 5.54 Å². The summed E-state index contributed by atoms with van der Waals surface area (Å²) in [5.74, 6) is -0.370. The van der Waals surface area contributed by atoms with Crippen molar-refractivity contribution in [3.8, 4) is 0 Å². The van der Waals surface area contributed by atoms with E-state index >= 15 is 0 Å². The van der Waals surface area contributed by atoms with Gasteiger partial charge < -0.3 is 10.1 Å². The largest absolute Gasteiger partial charge is 0.465 e. The number of nitrogens with one attached hydrogen (secondary N) is 1. The molecule has 0 aromatic rings. The molecule has 21 heavy (non-hydrogen) atoms. The van der Waals surface area contributed by atoms with Crippen LogP contribution >= 0.6 is 0 Å². The van der Waals surface area contributed by atoms with E-state index in [2.05, 4.69) is 5.32 Å². The number of hydrogen-bond acceptors (Lipinski definition) is 4. The molecule has 0 aliphatic rings. The Morgan fingerprint density at radius 3 is 2.29 bits per heavy atom. The second-order valence-electron chi connectivity index (χ2n) is 5.30. The Morgan fingerprint density at radius 2 is 1.86 bits per heavy atom. The summed E-state index contributed by atoms with van der Waals surface area (Å²) in [5.41, 5.74) is -0.855. The van der Waals surface area contributed by atoms with Crippen molar-refractivity contribution < 1.29 is 22.7 Å². The lowest BCUT2D eigenvalue weighted by Crippen LogP contribution is -2.49. The molecule has 7 heteroatoms. The number of halogens is 3. The van der Waals surface area contributed by atoms with Gasteiger partial charge in [-0.05, 0) is 53.2 Å². The summed E-state index contributed by atoms with van der Waals surface area (Å²) in [7, 11) is 1.65. The van der Waals surface area contributed by atoms with Crippen molar-refractivity contribution >= 4 is 5.97 Å². The highest BCUT2D eigenvalue weighted by molar-refractivity contribution is 5.80. The maximum atomic E-state index is 12.5.